The summed E-state index contributed by atoms with van der Waals surface area (Å²) in [5, 5.41) is 4.66. The van der Waals surface area contributed by atoms with Crippen LogP contribution in [0, 0.1) is 0 Å². The molecule has 2 aliphatic heterocycles. The molecule has 1 aromatic carbocycles. The molecule has 0 spiro atoms. The molecule has 3 aromatic rings. The largest absolute Gasteiger partial charge is 0.490 e. The van der Waals surface area contributed by atoms with Crippen molar-refractivity contribution in [1.29, 1.82) is 0 Å². The first-order valence-corrected chi connectivity index (χ1v) is 12.6. The van der Waals surface area contributed by atoms with Gasteiger partial charge in [-0.25, -0.2) is 0 Å². The van der Waals surface area contributed by atoms with Gasteiger partial charge in [0, 0.05) is 44.0 Å². The number of rotatable bonds is 9. The Balaban J connectivity index is 1.51. The quantitative estimate of drug-likeness (QED) is 0.322. The van der Waals surface area contributed by atoms with Gasteiger partial charge in [0.15, 0.2) is 5.11 Å². The van der Waals surface area contributed by atoms with Crippen molar-refractivity contribution in [3.8, 4) is 5.75 Å². The SMILES string of the molecule is COCCOc1ccc(N2C(=S)N[C@H](c3ccccn3)[C@H]2c2cccn2C[C@@H]2CCCO2)cc1Cl. The van der Waals surface area contributed by atoms with E-state index in [9.17, 15) is 0 Å². The molecule has 9 heteroatoms. The van der Waals surface area contributed by atoms with Crippen molar-refractivity contribution in [1.82, 2.24) is 14.9 Å². The Labute approximate surface area is 215 Å². The maximum Gasteiger partial charge on any atom is 0.174 e. The number of halogens is 1. The summed E-state index contributed by atoms with van der Waals surface area (Å²) in [5.41, 5.74) is 2.96. The third kappa shape index (κ3) is 5.16. The number of ether oxygens (including phenoxy) is 3. The lowest BCUT2D eigenvalue weighted by molar-refractivity contribution is 0.0961. The summed E-state index contributed by atoms with van der Waals surface area (Å²) >= 11 is 12.5. The predicted molar refractivity (Wildman–Crippen MR) is 140 cm³/mol. The molecule has 2 aromatic heterocycles. The van der Waals surface area contributed by atoms with Crippen molar-refractivity contribution < 1.29 is 14.2 Å². The van der Waals surface area contributed by atoms with E-state index in [1.165, 1.54) is 0 Å². The molecular weight excluding hydrogens is 484 g/mol. The molecule has 1 N–H and O–H groups in total. The standard InChI is InChI=1S/C26H29ClN4O3S/c1-32-14-15-34-23-10-9-18(16-20(23)27)31-25(24(29-26(31)35)21-7-2-3-11-28-21)22-8-4-12-30(22)17-19-6-5-13-33-19/h2-4,7-12,16,19,24-25H,5-6,13-15,17H2,1H3,(H,29,35)/t19-,24+,25+/m0/s1. The van der Waals surface area contributed by atoms with Gasteiger partial charge in [-0.2, -0.15) is 0 Å². The molecule has 35 heavy (non-hydrogen) atoms. The maximum absolute atomic E-state index is 6.61. The van der Waals surface area contributed by atoms with Crippen LogP contribution in [0.5, 0.6) is 5.75 Å². The molecule has 4 heterocycles. The van der Waals surface area contributed by atoms with Crippen LogP contribution >= 0.6 is 23.8 Å². The van der Waals surface area contributed by atoms with E-state index in [0.29, 0.717) is 29.1 Å². The zero-order valence-corrected chi connectivity index (χ0v) is 21.2. The molecule has 0 aliphatic carbocycles. The summed E-state index contributed by atoms with van der Waals surface area (Å²) in [4.78, 5) is 6.78. The average Bonchev–Trinajstić information content (AvgIpc) is 3.62. The van der Waals surface area contributed by atoms with Crippen molar-refractivity contribution in [2.75, 3.05) is 31.8 Å². The van der Waals surface area contributed by atoms with Gasteiger partial charge < -0.3 is 29.0 Å². The molecule has 0 saturated carbocycles. The van der Waals surface area contributed by atoms with Gasteiger partial charge in [-0.05, 0) is 67.5 Å². The molecule has 7 nitrogen and oxygen atoms in total. The minimum absolute atomic E-state index is 0.120. The predicted octanol–water partition coefficient (Wildman–Crippen LogP) is 4.92. The molecule has 0 unspecified atom stereocenters. The van der Waals surface area contributed by atoms with Gasteiger partial charge in [0.1, 0.15) is 18.4 Å². The molecule has 3 atom stereocenters. The normalized spacial score (nSPS) is 21.9. The highest BCUT2D eigenvalue weighted by Crippen LogP contribution is 2.43. The lowest BCUT2D eigenvalue weighted by Crippen LogP contribution is -2.31. The Kier molecular flexibility index (Phi) is 7.53. The Hall–Kier alpha value is -2.65. The molecule has 2 fully saturated rings. The van der Waals surface area contributed by atoms with E-state index in [1.54, 1.807) is 7.11 Å². The van der Waals surface area contributed by atoms with Crippen molar-refractivity contribution >= 4 is 34.6 Å². The van der Waals surface area contributed by atoms with Crippen LogP contribution in [0.15, 0.2) is 60.9 Å². The van der Waals surface area contributed by atoms with Crippen LogP contribution in [0.25, 0.3) is 0 Å². The highest BCUT2D eigenvalue weighted by Gasteiger charge is 2.42. The molecule has 0 amide bonds. The third-order valence-electron chi connectivity index (χ3n) is 6.43. The van der Waals surface area contributed by atoms with Crippen LogP contribution in [-0.4, -0.2) is 47.7 Å². The molecule has 5 rings (SSSR count). The van der Waals surface area contributed by atoms with E-state index in [-0.39, 0.29) is 18.2 Å². The monoisotopic (exact) mass is 512 g/mol. The number of hydrogen-bond donors (Lipinski definition) is 1. The zero-order chi connectivity index (χ0) is 24.2. The Bertz CT molecular complexity index is 1150. The van der Waals surface area contributed by atoms with E-state index in [0.717, 1.165) is 43.1 Å². The fourth-order valence-corrected chi connectivity index (χ4v) is 5.37. The Morgan fingerprint density at radius 2 is 2.11 bits per heavy atom. The summed E-state index contributed by atoms with van der Waals surface area (Å²) in [6.07, 6.45) is 6.34. The van der Waals surface area contributed by atoms with Crippen LogP contribution in [0.2, 0.25) is 5.02 Å². The minimum atomic E-state index is -0.127. The molecule has 0 radical (unpaired) electrons. The second-order valence-electron chi connectivity index (χ2n) is 8.67. The highest BCUT2D eigenvalue weighted by atomic mass is 35.5. The van der Waals surface area contributed by atoms with Crippen LogP contribution < -0.4 is 15.0 Å². The fourth-order valence-electron chi connectivity index (χ4n) is 4.79. The number of hydrogen-bond acceptors (Lipinski definition) is 5. The van der Waals surface area contributed by atoms with E-state index in [1.807, 2.05) is 42.6 Å². The second kappa shape index (κ2) is 11.0. The number of methoxy groups -OCH3 is 1. The summed E-state index contributed by atoms with van der Waals surface area (Å²) in [6.45, 7) is 2.56. The van der Waals surface area contributed by atoms with E-state index >= 15 is 0 Å². The van der Waals surface area contributed by atoms with Crippen LogP contribution in [0.3, 0.4) is 0 Å². The minimum Gasteiger partial charge on any atom is -0.490 e. The fraction of sp³-hybridized carbons (Fsp3) is 0.385. The molecule has 184 valence electrons. The van der Waals surface area contributed by atoms with Crippen molar-refractivity contribution in [2.24, 2.45) is 0 Å². The highest BCUT2D eigenvalue weighted by molar-refractivity contribution is 7.80. The first-order chi connectivity index (χ1) is 17.2. The van der Waals surface area contributed by atoms with Gasteiger partial charge >= 0.3 is 0 Å². The van der Waals surface area contributed by atoms with Crippen molar-refractivity contribution in [2.45, 2.75) is 37.6 Å². The number of benzene rings is 1. The smallest absolute Gasteiger partial charge is 0.174 e. The van der Waals surface area contributed by atoms with E-state index in [2.05, 4.69) is 38.1 Å². The molecule has 0 bridgehead atoms. The third-order valence-corrected chi connectivity index (χ3v) is 7.04. The Morgan fingerprint density at radius 3 is 2.86 bits per heavy atom. The van der Waals surface area contributed by atoms with Gasteiger partial charge in [0.05, 0.1) is 29.5 Å². The zero-order valence-electron chi connectivity index (χ0n) is 19.6. The molecular formula is C26H29ClN4O3S. The van der Waals surface area contributed by atoms with Gasteiger partial charge in [0.25, 0.3) is 0 Å². The number of anilines is 1. The summed E-state index contributed by atoms with van der Waals surface area (Å²) in [6, 6.07) is 15.7. The summed E-state index contributed by atoms with van der Waals surface area (Å²) in [7, 11) is 1.64. The van der Waals surface area contributed by atoms with Crippen LogP contribution in [0.1, 0.15) is 36.3 Å². The van der Waals surface area contributed by atoms with Crippen molar-refractivity contribution in [3.05, 3.63) is 77.3 Å². The summed E-state index contributed by atoms with van der Waals surface area (Å²) < 4.78 is 19.0. The van der Waals surface area contributed by atoms with Gasteiger partial charge in [0.2, 0.25) is 0 Å². The first-order valence-electron chi connectivity index (χ1n) is 11.8. The lowest BCUT2D eigenvalue weighted by Gasteiger charge is -2.29. The van der Waals surface area contributed by atoms with E-state index in [4.69, 9.17) is 38.0 Å². The number of thiocarbonyl (C=S) groups is 1. The number of aromatic nitrogens is 2. The van der Waals surface area contributed by atoms with Gasteiger partial charge in [-0.1, -0.05) is 17.7 Å². The van der Waals surface area contributed by atoms with Gasteiger partial charge in [-0.3, -0.25) is 4.98 Å². The first kappa shape index (κ1) is 24.1. The number of pyridine rings is 1. The van der Waals surface area contributed by atoms with Crippen molar-refractivity contribution in [3.63, 3.8) is 0 Å². The average molecular weight is 513 g/mol. The van der Waals surface area contributed by atoms with Gasteiger partial charge in [-0.15, -0.1) is 0 Å². The maximum atomic E-state index is 6.61. The summed E-state index contributed by atoms with van der Waals surface area (Å²) in [5.74, 6) is 0.616. The topological polar surface area (TPSA) is 60.8 Å². The lowest BCUT2D eigenvalue weighted by atomic mass is 10.0. The van der Waals surface area contributed by atoms with Crippen LogP contribution in [0.4, 0.5) is 5.69 Å². The van der Waals surface area contributed by atoms with Crippen LogP contribution in [-0.2, 0) is 16.0 Å². The molecule has 2 aliphatic rings. The second-order valence-corrected chi connectivity index (χ2v) is 9.47. The van der Waals surface area contributed by atoms with E-state index < -0.39 is 0 Å². The number of nitrogens with zero attached hydrogens (tertiary/aromatic N) is 3. The Morgan fingerprint density at radius 1 is 1.20 bits per heavy atom. The number of nitrogens with one attached hydrogen (secondary N) is 1. The molecule has 2 saturated heterocycles.